The molecule has 2 heterocycles. The Hall–Kier alpha value is -4.07. The van der Waals surface area contributed by atoms with Gasteiger partial charge in [-0.25, -0.2) is 22.2 Å². The first-order chi connectivity index (χ1) is 18.9. The van der Waals surface area contributed by atoms with E-state index in [2.05, 4.69) is 14.8 Å². The van der Waals surface area contributed by atoms with Crippen molar-refractivity contribution < 1.29 is 21.9 Å². The number of methoxy groups -OCH3 is 1. The Bertz CT molecular complexity index is 1960. The number of nitrogens with zero attached hydrogens (tertiary/aromatic N) is 4. The second-order valence-electron chi connectivity index (χ2n) is 9.22. The summed E-state index contributed by atoms with van der Waals surface area (Å²) < 4.78 is 62.1. The Morgan fingerprint density at radius 2 is 1.82 bits per heavy atom. The highest BCUT2D eigenvalue weighted by atomic mass is 35.5. The lowest BCUT2D eigenvalue weighted by molar-refractivity contribution is 0.415. The van der Waals surface area contributed by atoms with Gasteiger partial charge in [0.1, 0.15) is 23.2 Å². The zero-order valence-corrected chi connectivity index (χ0v) is 23.0. The fourth-order valence-corrected chi connectivity index (χ4v) is 5.39. The van der Waals surface area contributed by atoms with E-state index < -0.39 is 33.3 Å². The molecule has 3 N–H and O–H groups in total. The number of halogens is 3. The summed E-state index contributed by atoms with van der Waals surface area (Å²) in [4.78, 5) is 18.7. The minimum atomic E-state index is -3.71. The number of aromatic nitrogens is 4. The molecular formula is C26H23ClF2N6O4S. The van der Waals surface area contributed by atoms with Crippen LogP contribution in [0.15, 0.2) is 53.3 Å². The maximum absolute atomic E-state index is 14.0. The maximum atomic E-state index is 14.0. The molecule has 0 radical (unpaired) electrons. The topological polar surface area (TPSA) is 134 Å². The van der Waals surface area contributed by atoms with E-state index in [1.807, 2.05) is 0 Å². The number of ether oxygens (including phenoxy) is 1. The third-order valence-electron chi connectivity index (χ3n) is 6.25. The van der Waals surface area contributed by atoms with Crippen molar-refractivity contribution in [3.63, 3.8) is 0 Å². The molecule has 2 aromatic heterocycles. The highest BCUT2D eigenvalue weighted by Crippen LogP contribution is 2.35. The van der Waals surface area contributed by atoms with E-state index in [1.165, 1.54) is 22.4 Å². The predicted octanol–water partition coefficient (Wildman–Crippen LogP) is 3.83. The first-order valence-corrected chi connectivity index (χ1v) is 14.1. The van der Waals surface area contributed by atoms with Gasteiger partial charge in [-0.1, -0.05) is 11.6 Å². The molecule has 0 saturated heterocycles. The zero-order chi connectivity index (χ0) is 28.9. The predicted molar refractivity (Wildman–Crippen MR) is 149 cm³/mol. The number of aryl methyl sites for hydroxylation is 1. The summed E-state index contributed by atoms with van der Waals surface area (Å²) in [6, 6.07) is 9.86. The molecule has 0 aliphatic rings. The van der Waals surface area contributed by atoms with Crippen LogP contribution in [0.3, 0.4) is 0 Å². The summed E-state index contributed by atoms with van der Waals surface area (Å²) in [5.41, 5.74) is 7.21. The fourth-order valence-electron chi connectivity index (χ4n) is 4.65. The van der Waals surface area contributed by atoms with Crippen molar-refractivity contribution in [2.75, 3.05) is 18.1 Å². The lowest BCUT2D eigenvalue weighted by atomic mass is 10.0. The molecule has 5 rings (SSSR count). The first kappa shape index (κ1) is 27.5. The van der Waals surface area contributed by atoms with Gasteiger partial charge >= 0.3 is 0 Å². The van der Waals surface area contributed by atoms with Gasteiger partial charge in [-0.2, -0.15) is 5.10 Å². The molecule has 3 aromatic carbocycles. The van der Waals surface area contributed by atoms with Crippen LogP contribution in [0.25, 0.3) is 27.5 Å². The van der Waals surface area contributed by atoms with Crippen LogP contribution in [0.4, 0.5) is 14.6 Å². The van der Waals surface area contributed by atoms with Gasteiger partial charge in [0, 0.05) is 19.2 Å². The van der Waals surface area contributed by atoms with Crippen molar-refractivity contribution in [1.82, 2.24) is 19.3 Å². The molecule has 0 aliphatic carbocycles. The van der Waals surface area contributed by atoms with Gasteiger partial charge in [0.05, 0.1) is 51.9 Å². The normalized spacial score (nSPS) is 12.7. The van der Waals surface area contributed by atoms with Crippen LogP contribution in [0.1, 0.15) is 17.4 Å². The van der Waals surface area contributed by atoms with Crippen LogP contribution < -0.4 is 20.8 Å². The molecule has 10 nitrogen and oxygen atoms in total. The number of fused-ring (bicyclic) bond motifs is 2. The molecule has 0 aliphatic heterocycles. The second-order valence-corrected chi connectivity index (χ2v) is 11.4. The molecule has 0 fully saturated rings. The summed E-state index contributed by atoms with van der Waals surface area (Å²) in [6.07, 6.45) is 0.920. The average molecular weight is 589 g/mol. The molecule has 5 aromatic rings. The SMILES string of the molecule is COc1ccc2c(=O)n(-c3ccc(Cl)c4c(NS(C)(=O)=O)nn(C)c34)c([C@@H](N)Cc3cc(F)cc(F)c3)nc2c1. The minimum absolute atomic E-state index is 0.0283. The number of hydrogen-bond donors (Lipinski definition) is 2. The molecule has 1 atom stereocenters. The lowest BCUT2D eigenvalue weighted by Crippen LogP contribution is -2.30. The minimum Gasteiger partial charge on any atom is -0.497 e. The lowest BCUT2D eigenvalue weighted by Gasteiger charge is -2.20. The number of sulfonamides is 1. The largest absolute Gasteiger partial charge is 0.497 e. The number of hydrogen-bond acceptors (Lipinski definition) is 7. The number of rotatable bonds is 7. The Labute approximate surface area is 232 Å². The van der Waals surface area contributed by atoms with E-state index >= 15 is 0 Å². The van der Waals surface area contributed by atoms with Gasteiger partial charge in [-0.3, -0.25) is 18.8 Å². The highest BCUT2D eigenvalue weighted by molar-refractivity contribution is 7.92. The van der Waals surface area contributed by atoms with Gasteiger partial charge in [-0.05, 0) is 48.4 Å². The van der Waals surface area contributed by atoms with E-state index in [0.29, 0.717) is 16.8 Å². The van der Waals surface area contributed by atoms with Crippen molar-refractivity contribution in [2.45, 2.75) is 12.5 Å². The van der Waals surface area contributed by atoms with Crippen molar-refractivity contribution in [3.05, 3.63) is 86.9 Å². The Balaban J connectivity index is 1.81. The van der Waals surface area contributed by atoms with E-state index in [0.717, 1.165) is 24.5 Å². The van der Waals surface area contributed by atoms with E-state index in [1.54, 1.807) is 31.3 Å². The molecule has 0 saturated carbocycles. The molecule has 0 amide bonds. The van der Waals surface area contributed by atoms with Gasteiger partial charge < -0.3 is 10.5 Å². The summed E-state index contributed by atoms with van der Waals surface area (Å²) in [5.74, 6) is -1.02. The van der Waals surface area contributed by atoms with E-state index in [-0.39, 0.29) is 45.1 Å². The smallest absolute Gasteiger partial charge is 0.266 e. The van der Waals surface area contributed by atoms with Crippen molar-refractivity contribution >= 4 is 49.2 Å². The monoisotopic (exact) mass is 588 g/mol. The van der Waals surface area contributed by atoms with Gasteiger partial charge in [0.25, 0.3) is 5.56 Å². The first-order valence-electron chi connectivity index (χ1n) is 11.8. The fraction of sp³-hybridized carbons (Fsp3) is 0.192. The van der Waals surface area contributed by atoms with Gasteiger partial charge in [0.15, 0.2) is 5.82 Å². The summed E-state index contributed by atoms with van der Waals surface area (Å²) in [6.45, 7) is 0. The van der Waals surface area contributed by atoms with Crippen molar-refractivity contribution in [2.24, 2.45) is 12.8 Å². The standard InChI is InChI=1S/C26H23ClF2N6O4S/c1-34-23-21(7-6-18(27)22(23)24(32-34)33-40(3,37)38)35-25(19(30)10-13-8-14(28)11-15(29)9-13)31-20-12-16(39-2)4-5-17(20)26(35)36/h4-9,11-12,19H,10,30H2,1-3H3,(H,32,33)/t19-/m0/s1. The van der Waals surface area contributed by atoms with Gasteiger partial charge in [0.2, 0.25) is 10.0 Å². The van der Waals surface area contributed by atoms with Crippen molar-refractivity contribution in [1.29, 1.82) is 0 Å². The maximum Gasteiger partial charge on any atom is 0.266 e. The van der Waals surface area contributed by atoms with Gasteiger partial charge in [-0.15, -0.1) is 0 Å². The summed E-state index contributed by atoms with van der Waals surface area (Å²) in [7, 11) is -0.676. The second kappa shape index (κ2) is 10.2. The van der Waals surface area contributed by atoms with E-state index in [4.69, 9.17) is 22.1 Å². The molecule has 208 valence electrons. The average Bonchev–Trinajstić information content (AvgIpc) is 3.18. The van der Waals surface area contributed by atoms with Crippen LogP contribution in [-0.4, -0.2) is 41.1 Å². The number of nitrogens with two attached hydrogens (primary N) is 1. The quantitative estimate of drug-likeness (QED) is 0.295. The summed E-state index contributed by atoms with van der Waals surface area (Å²) in [5, 5.41) is 4.95. The summed E-state index contributed by atoms with van der Waals surface area (Å²) >= 11 is 6.47. The van der Waals surface area contributed by atoms with Crippen LogP contribution in [0, 0.1) is 11.6 Å². The number of anilines is 1. The Kier molecular flexibility index (Phi) is 6.98. The molecule has 40 heavy (non-hydrogen) atoms. The van der Waals surface area contributed by atoms with Crippen LogP contribution in [0.2, 0.25) is 5.02 Å². The Morgan fingerprint density at radius 3 is 2.48 bits per heavy atom. The Morgan fingerprint density at radius 1 is 1.12 bits per heavy atom. The van der Waals surface area contributed by atoms with Crippen LogP contribution in [-0.2, 0) is 23.5 Å². The van der Waals surface area contributed by atoms with E-state index in [9.17, 15) is 22.0 Å². The molecule has 0 unspecified atom stereocenters. The number of nitrogens with one attached hydrogen (secondary N) is 1. The third-order valence-corrected chi connectivity index (χ3v) is 7.13. The van der Waals surface area contributed by atoms with Crippen LogP contribution >= 0.6 is 11.6 Å². The van der Waals surface area contributed by atoms with Crippen LogP contribution in [0.5, 0.6) is 5.75 Å². The highest BCUT2D eigenvalue weighted by Gasteiger charge is 2.25. The zero-order valence-electron chi connectivity index (χ0n) is 21.4. The molecular weight excluding hydrogens is 566 g/mol. The van der Waals surface area contributed by atoms with Crippen molar-refractivity contribution in [3.8, 4) is 11.4 Å². The number of benzene rings is 3. The third kappa shape index (κ3) is 5.10. The molecule has 0 spiro atoms. The molecule has 14 heteroatoms. The molecule has 0 bridgehead atoms.